The predicted molar refractivity (Wildman–Crippen MR) is 113 cm³/mol. The number of methoxy groups -OCH3 is 1. The van der Waals surface area contributed by atoms with Crippen LogP contribution in [0.25, 0.3) is 0 Å². The van der Waals surface area contributed by atoms with Crippen LogP contribution in [0.1, 0.15) is 24.4 Å². The van der Waals surface area contributed by atoms with Crippen LogP contribution in [0.3, 0.4) is 0 Å². The number of rotatable bonds is 7. The molecule has 1 amide bonds. The van der Waals surface area contributed by atoms with Gasteiger partial charge in [-0.2, -0.15) is 4.98 Å². The van der Waals surface area contributed by atoms with Gasteiger partial charge in [-0.15, -0.1) is 0 Å². The first-order chi connectivity index (χ1) is 15.3. The third kappa shape index (κ3) is 4.32. The molecule has 0 bridgehead atoms. The normalized spacial score (nSPS) is 24.0. The second-order valence-corrected chi connectivity index (χ2v) is 8.12. The largest absolute Gasteiger partial charge is 0.489 e. The topological polar surface area (TPSA) is 86.2 Å². The fourth-order valence-corrected chi connectivity index (χ4v) is 4.17. The zero-order valence-corrected chi connectivity index (χ0v) is 18.1. The number of anilines is 1. The van der Waals surface area contributed by atoms with Gasteiger partial charge in [0.25, 0.3) is 5.88 Å². The summed E-state index contributed by atoms with van der Waals surface area (Å²) in [5.41, 5.74) is 0.107. The number of aromatic nitrogens is 3. The van der Waals surface area contributed by atoms with Crippen LogP contribution < -0.4 is 14.8 Å². The van der Waals surface area contributed by atoms with Gasteiger partial charge in [0.15, 0.2) is 11.6 Å². The Kier molecular flexibility index (Phi) is 5.90. The highest BCUT2D eigenvalue weighted by Crippen LogP contribution is 2.60. The molecule has 1 fully saturated rings. The summed E-state index contributed by atoms with van der Waals surface area (Å²) in [6.45, 7) is 3.82. The van der Waals surface area contributed by atoms with Gasteiger partial charge in [0.2, 0.25) is 5.91 Å². The fourth-order valence-electron chi connectivity index (χ4n) is 4.17. The molecule has 32 heavy (non-hydrogen) atoms. The molecule has 7 nitrogen and oxygen atoms in total. The average Bonchev–Trinajstić information content (AvgIpc) is 3.50. The quantitative estimate of drug-likeness (QED) is 0.695. The summed E-state index contributed by atoms with van der Waals surface area (Å²) in [5, 5.41) is 2.72. The van der Waals surface area contributed by atoms with Crippen molar-refractivity contribution in [3.05, 3.63) is 59.7 Å². The van der Waals surface area contributed by atoms with Gasteiger partial charge >= 0.3 is 0 Å². The van der Waals surface area contributed by atoms with Crippen LogP contribution >= 0.6 is 0 Å². The number of carbonyl (C=O) groups is 1. The second-order valence-electron chi connectivity index (χ2n) is 8.12. The van der Waals surface area contributed by atoms with Crippen molar-refractivity contribution >= 4 is 11.7 Å². The molecular formula is C23H24F2N4O3. The summed E-state index contributed by atoms with van der Waals surface area (Å²) < 4.78 is 38.5. The molecule has 2 aromatic rings. The van der Waals surface area contributed by atoms with E-state index in [4.69, 9.17) is 9.47 Å². The maximum absolute atomic E-state index is 14.0. The molecule has 3 atom stereocenters. The molecule has 9 heteroatoms. The van der Waals surface area contributed by atoms with E-state index in [0.717, 1.165) is 0 Å². The molecule has 0 aromatic carbocycles. The smallest absolute Gasteiger partial charge is 0.252 e. The Bertz CT molecular complexity index is 1100. The van der Waals surface area contributed by atoms with E-state index in [9.17, 15) is 13.6 Å². The second kappa shape index (κ2) is 8.64. The van der Waals surface area contributed by atoms with E-state index in [2.05, 4.69) is 20.3 Å². The summed E-state index contributed by atoms with van der Waals surface area (Å²) >= 11 is 0. The van der Waals surface area contributed by atoms with Crippen molar-refractivity contribution in [2.24, 2.45) is 17.3 Å². The summed E-state index contributed by atoms with van der Waals surface area (Å²) in [5.74, 6) is -0.710. The Morgan fingerprint density at radius 3 is 2.81 bits per heavy atom. The number of aryl methyl sites for hydroxylation is 2. The Morgan fingerprint density at radius 1 is 1.28 bits per heavy atom. The maximum Gasteiger partial charge on any atom is 0.252 e. The number of ether oxygens (including phenoxy) is 2. The molecule has 2 aliphatic rings. The first-order valence-electron chi connectivity index (χ1n) is 10.3. The van der Waals surface area contributed by atoms with Crippen LogP contribution in [0.4, 0.5) is 14.6 Å². The van der Waals surface area contributed by atoms with E-state index in [0.29, 0.717) is 30.1 Å². The Hall–Kier alpha value is -3.36. The molecule has 0 saturated heterocycles. The number of pyridine rings is 1. The highest BCUT2D eigenvalue weighted by molar-refractivity contribution is 5.94. The molecule has 1 unspecified atom stereocenters. The van der Waals surface area contributed by atoms with Crippen molar-refractivity contribution < 1.29 is 23.0 Å². The van der Waals surface area contributed by atoms with Gasteiger partial charge in [-0.25, -0.2) is 18.7 Å². The Balaban J connectivity index is 1.53. The first-order valence-corrected chi connectivity index (χ1v) is 10.3. The zero-order chi connectivity index (χ0) is 22.9. The van der Waals surface area contributed by atoms with E-state index >= 15 is 0 Å². The molecular weight excluding hydrogens is 418 g/mol. The Labute approximate surface area is 184 Å². The van der Waals surface area contributed by atoms with Crippen molar-refractivity contribution in [3.63, 3.8) is 0 Å². The molecule has 0 spiro atoms. The van der Waals surface area contributed by atoms with Crippen molar-refractivity contribution in [3.8, 4) is 11.6 Å². The number of nitrogens with one attached hydrogen (secondary N) is 1. The molecule has 0 radical (unpaired) electrons. The van der Waals surface area contributed by atoms with Crippen LogP contribution in [0, 0.1) is 36.9 Å². The van der Waals surface area contributed by atoms with E-state index < -0.39 is 17.2 Å². The highest BCUT2D eigenvalue weighted by atomic mass is 19.1. The standard InChI is InChI=1S/C23H24F2N4O3/c1-13-19(11-26-14(2)27-13)32-12-23(15-5-4-6-16(24)9-15)10-17(23)21(30)28-20-8-7-18(25)22(29-20)31-3/h4,6-9,11,15,17H,5,10,12H2,1-3H3,(H,28,29,30)/t15?,17-,23+/m0/s1. The van der Waals surface area contributed by atoms with Gasteiger partial charge < -0.3 is 14.8 Å². The Morgan fingerprint density at radius 2 is 2.09 bits per heavy atom. The summed E-state index contributed by atoms with van der Waals surface area (Å²) in [4.78, 5) is 25.5. The van der Waals surface area contributed by atoms with Gasteiger partial charge in [-0.3, -0.25) is 4.79 Å². The molecule has 4 rings (SSSR count). The van der Waals surface area contributed by atoms with Crippen molar-refractivity contribution in [2.75, 3.05) is 19.0 Å². The molecule has 2 aromatic heterocycles. The van der Waals surface area contributed by atoms with Gasteiger partial charge in [0.1, 0.15) is 17.5 Å². The number of nitrogens with zero attached hydrogens (tertiary/aromatic N) is 3. The monoisotopic (exact) mass is 442 g/mol. The third-order valence-electron chi connectivity index (χ3n) is 6.01. The lowest BCUT2D eigenvalue weighted by atomic mass is 9.82. The van der Waals surface area contributed by atoms with E-state index in [-0.39, 0.29) is 36.0 Å². The van der Waals surface area contributed by atoms with E-state index in [1.165, 1.54) is 25.3 Å². The summed E-state index contributed by atoms with van der Waals surface area (Å²) in [6, 6.07) is 2.54. The fraction of sp³-hybridized carbons (Fsp3) is 0.391. The molecule has 1 N–H and O–H groups in total. The number of halogens is 2. The van der Waals surface area contributed by atoms with Crippen molar-refractivity contribution in [1.29, 1.82) is 0 Å². The van der Waals surface area contributed by atoms with Crippen LogP contribution in [-0.2, 0) is 4.79 Å². The van der Waals surface area contributed by atoms with Crippen molar-refractivity contribution in [1.82, 2.24) is 15.0 Å². The highest BCUT2D eigenvalue weighted by Gasteiger charge is 2.62. The number of hydrogen-bond donors (Lipinski definition) is 1. The lowest BCUT2D eigenvalue weighted by molar-refractivity contribution is -0.118. The van der Waals surface area contributed by atoms with Gasteiger partial charge in [0, 0.05) is 11.3 Å². The molecule has 2 aliphatic carbocycles. The van der Waals surface area contributed by atoms with Crippen LogP contribution in [0.2, 0.25) is 0 Å². The first kappa shape index (κ1) is 21.9. The van der Waals surface area contributed by atoms with Gasteiger partial charge in [0.05, 0.1) is 25.6 Å². The van der Waals surface area contributed by atoms with E-state index in [1.54, 1.807) is 25.3 Å². The van der Waals surface area contributed by atoms with E-state index in [1.807, 2.05) is 6.92 Å². The van der Waals surface area contributed by atoms with Gasteiger partial charge in [-0.1, -0.05) is 6.08 Å². The number of amides is 1. The number of hydrogen-bond acceptors (Lipinski definition) is 6. The minimum Gasteiger partial charge on any atom is -0.489 e. The van der Waals surface area contributed by atoms with Crippen molar-refractivity contribution in [2.45, 2.75) is 26.7 Å². The molecule has 168 valence electrons. The molecule has 1 saturated carbocycles. The zero-order valence-electron chi connectivity index (χ0n) is 18.1. The average molecular weight is 442 g/mol. The summed E-state index contributed by atoms with van der Waals surface area (Å²) in [6.07, 6.45) is 7.47. The number of carbonyl (C=O) groups excluding carboxylic acids is 1. The predicted octanol–water partition coefficient (Wildman–Crippen LogP) is 4.09. The minimum atomic E-state index is -0.620. The third-order valence-corrected chi connectivity index (χ3v) is 6.01. The number of allylic oxidation sites excluding steroid dienone is 4. The SMILES string of the molecule is COc1nc(NC(=O)[C@@H]2C[C@@]2(COc2cnc(C)nc2C)C2C=C(F)C=CC2)ccc1F. The molecule has 0 aliphatic heterocycles. The maximum atomic E-state index is 14.0. The lowest BCUT2D eigenvalue weighted by Crippen LogP contribution is -2.30. The summed E-state index contributed by atoms with van der Waals surface area (Å²) in [7, 11) is 1.30. The van der Waals surface area contributed by atoms with Crippen LogP contribution in [-0.4, -0.2) is 34.6 Å². The van der Waals surface area contributed by atoms with Crippen LogP contribution in [0.5, 0.6) is 11.6 Å². The van der Waals surface area contributed by atoms with Crippen LogP contribution in [0.15, 0.2) is 42.4 Å². The minimum absolute atomic E-state index is 0.183. The lowest BCUT2D eigenvalue weighted by Gasteiger charge is -2.27. The van der Waals surface area contributed by atoms with Gasteiger partial charge in [-0.05, 0) is 56.9 Å². The molecule has 2 heterocycles.